The van der Waals surface area contributed by atoms with Crippen molar-refractivity contribution >= 4 is 15.9 Å². The molecule has 1 amide bonds. The van der Waals surface area contributed by atoms with Crippen molar-refractivity contribution in [3.8, 4) is 0 Å². The first kappa shape index (κ1) is 15.9. The van der Waals surface area contributed by atoms with E-state index in [1.54, 1.807) is 0 Å². The Morgan fingerprint density at radius 3 is 2.57 bits per heavy atom. The fourth-order valence-electron chi connectivity index (χ4n) is 2.54. The van der Waals surface area contributed by atoms with Gasteiger partial charge in [-0.05, 0) is 18.9 Å². The fourth-order valence-corrected chi connectivity index (χ4v) is 3.07. The Morgan fingerprint density at radius 1 is 1.43 bits per heavy atom. The highest BCUT2D eigenvalue weighted by molar-refractivity contribution is 7.89. The van der Waals surface area contributed by atoms with Crippen LogP contribution >= 0.6 is 0 Å². The number of hydrogen-bond donors (Lipinski definition) is 2. The van der Waals surface area contributed by atoms with Crippen molar-refractivity contribution in [2.75, 3.05) is 6.54 Å². The molecular formula is C12H17F2N3O3S. The van der Waals surface area contributed by atoms with Crippen LogP contribution < -0.4 is 10.5 Å². The van der Waals surface area contributed by atoms with Gasteiger partial charge in [0.25, 0.3) is 12.3 Å². The van der Waals surface area contributed by atoms with E-state index in [-0.39, 0.29) is 16.6 Å². The van der Waals surface area contributed by atoms with Crippen LogP contribution in [0, 0.1) is 0 Å². The van der Waals surface area contributed by atoms with Crippen molar-refractivity contribution in [3.05, 3.63) is 18.0 Å². The number of rotatable bonds is 5. The van der Waals surface area contributed by atoms with Gasteiger partial charge < -0.3 is 9.88 Å². The SMILES string of the molecule is NS(=O)(=O)c1cc(C(=O)NCC(F)F)n(C2CCCC2)c1. The number of hydrogen-bond acceptors (Lipinski definition) is 3. The van der Waals surface area contributed by atoms with Gasteiger partial charge in [-0.3, -0.25) is 4.79 Å². The molecule has 0 aromatic carbocycles. The van der Waals surface area contributed by atoms with E-state index in [0.717, 1.165) is 31.7 Å². The van der Waals surface area contributed by atoms with Gasteiger partial charge in [-0.2, -0.15) is 0 Å². The second kappa shape index (κ2) is 6.10. The van der Waals surface area contributed by atoms with Crippen molar-refractivity contribution in [1.29, 1.82) is 0 Å². The Morgan fingerprint density at radius 2 is 2.05 bits per heavy atom. The number of primary sulfonamides is 1. The standard InChI is InChI=1S/C12H17F2N3O3S/c13-11(14)6-16-12(18)10-5-9(21(15,19)20)7-17(10)8-3-1-2-4-8/h5,7-8,11H,1-4,6H2,(H,16,18)(H2,15,19,20). The highest BCUT2D eigenvalue weighted by atomic mass is 32.2. The number of alkyl halides is 2. The lowest BCUT2D eigenvalue weighted by Crippen LogP contribution is -2.30. The number of nitrogens with two attached hydrogens (primary N) is 1. The molecule has 1 saturated carbocycles. The molecule has 118 valence electrons. The monoisotopic (exact) mass is 321 g/mol. The van der Waals surface area contributed by atoms with E-state index < -0.39 is 28.9 Å². The number of carbonyl (C=O) groups is 1. The lowest BCUT2D eigenvalue weighted by molar-refractivity contribution is 0.0881. The second-order valence-electron chi connectivity index (χ2n) is 5.05. The molecule has 0 atom stereocenters. The predicted octanol–water partition coefficient (Wildman–Crippen LogP) is 1.25. The number of nitrogens with one attached hydrogen (secondary N) is 1. The van der Waals surface area contributed by atoms with Crippen LogP contribution in [0.25, 0.3) is 0 Å². The first-order chi connectivity index (χ1) is 9.79. The normalized spacial score (nSPS) is 16.6. The molecule has 1 aromatic heterocycles. The summed E-state index contributed by atoms with van der Waals surface area (Å²) in [5.41, 5.74) is 0.0478. The van der Waals surface area contributed by atoms with E-state index in [1.807, 2.05) is 0 Å². The van der Waals surface area contributed by atoms with Gasteiger partial charge in [-0.15, -0.1) is 0 Å². The summed E-state index contributed by atoms with van der Waals surface area (Å²) in [5.74, 6) is -0.725. The van der Waals surface area contributed by atoms with Crippen LogP contribution in [0.1, 0.15) is 42.2 Å². The van der Waals surface area contributed by atoms with E-state index >= 15 is 0 Å². The average molecular weight is 321 g/mol. The molecule has 0 unspecified atom stereocenters. The van der Waals surface area contributed by atoms with Crippen molar-refractivity contribution < 1.29 is 22.0 Å². The summed E-state index contributed by atoms with van der Waals surface area (Å²) >= 11 is 0. The quantitative estimate of drug-likeness (QED) is 0.854. The molecule has 0 bridgehead atoms. The topological polar surface area (TPSA) is 94.2 Å². The summed E-state index contributed by atoms with van der Waals surface area (Å²) in [6, 6.07) is 1.13. The van der Waals surface area contributed by atoms with Gasteiger partial charge in [0.15, 0.2) is 0 Å². The summed E-state index contributed by atoms with van der Waals surface area (Å²) < 4.78 is 48.7. The molecule has 21 heavy (non-hydrogen) atoms. The van der Waals surface area contributed by atoms with Gasteiger partial charge >= 0.3 is 0 Å². The molecule has 0 radical (unpaired) electrons. The summed E-state index contributed by atoms with van der Waals surface area (Å²) in [6.07, 6.45) is 2.23. The van der Waals surface area contributed by atoms with Gasteiger partial charge in [0.2, 0.25) is 10.0 Å². The minimum atomic E-state index is -3.95. The Bertz CT molecular complexity index is 622. The van der Waals surface area contributed by atoms with E-state index in [0.29, 0.717) is 0 Å². The number of halogens is 2. The van der Waals surface area contributed by atoms with Crippen LogP contribution in [0.3, 0.4) is 0 Å². The Kier molecular flexibility index (Phi) is 4.62. The lowest BCUT2D eigenvalue weighted by Gasteiger charge is -2.15. The molecule has 2 rings (SSSR count). The van der Waals surface area contributed by atoms with Gasteiger partial charge in [0.1, 0.15) is 10.6 Å². The zero-order valence-corrected chi connectivity index (χ0v) is 12.1. The summed E-state index contributed by atoms with van der Waals surface area (Å²) in [5, 5.41) is 7.15. The third-order valence-corrected chi connectivity index (χ3v) is 4.40. The summed E-state index contributed by atoms with van der Waals surface area (Å²) in [4.78, 5) is 11.8. The van der Waals surface area contributed by atoms with Crippen molar-refractivity contribution in [1.82, 2.24) is 9.88 Å². The Hall–Kier alpha value is -1.48. The van der Waals surface area contributed by atoms with E-state index in [2.05, 4.69) is 5.32 Å². The molecule has 0 aliphatic heterocycles. The minimum absolute atomic E-state index is 0.00667. The molecular weight excluding hydrogens is 304 g/mol. The predicted molar refractivity (Wildman–Crippen MR) is 71.6 cm³/mol. The van der Waals surface area contributed by atoms with Gasteiger partial charge in [0, 0.05) is 12.2 Å². The van der Waals surface area contributed by atoms with E-state index in [1.165, 1.54) is 10.8 Å². The average Bonchev–Trinajstić information content (AvgIpc) is 3.02. The molecule has 1 aliphatic rings. The fraction of sp³-hybridized carbons (Fsp3) is 0.583. The second-order valence-corrected chi connectivity index (χ2v) is 6.61. The van der Waals surface area contributed by atoms with Gasteiger partial charge in [0.05, 0.1) is 6.54 Å². The van der Waals surface area contributed by atoms with Crippen LogP contribution in [0.5, 0.6) is 0 Å². The van der Waals surface area contributed by atoms with E-state index in [9.17, 15) is 22.0 Å². The maximum atomic E-state index is 12.2. The third kappa shape index (κ3) is 3.79. The summed E-state index contributed by atoms with van der Waals surface area (Å²) in [6.45, 7) is -0.778. The molecule has 1 aromatic rings. The van der Waals surface area contributed by atoms with Gasteiger partial charge in [-0.1, -0.05) is 12.8 Å². The number of aromatic nitrogens is 1. The highest BCUT2D eigenvalue weighted by Crippen LogP contribution is 2.32. The maximum Gasteiger partial charge on any atom is 0.268 e. The van der Waals surface area contributed by atoms with Crippen LogP contribution in [0.4, 0.5) is 8.78 Å². The largest absolute Gasteiger partial charge is 0.345 e. The molecule has 1 aliphatic carbocycles. The number of carbonyl (C=O) groups excluding carboxylic acids is 1. The zero-order valence-electron chi connectivity index (χ0n) is 11.3. The smallest absolute Gasteiger partial charge is 0.268 e. The van der Waals surface area contributed by atoms with Crippen LogP contribution in [0.2, 0.25) is 0 Å². The Balaban J connectivity index is 2.32. The number of sulfonamides is 1. The highest BCUT2D eigenvalue weighted by Gasteiger charge is 2.25. The molecule has 6 nitrogen and oxygen atoms in total. The van der Waals surface area contributed by atoms with Gasteiger partial charge in [-0.25, -0.2) is 22.3 Å². The minimum Gasteiger partial charge on any atom is -0.345 e. The molecule has 3 N–H and O–H groups in total. The van der Waals surface area contributed by atoms with Crippen molar-refractivity contribution in [2.45, 2.75) is 43.0 Å². The zero-order chi connectivity index (χ0) is 15.6. The molecule has 9 heteroatoms. The Labute approximate surface area is 121 Å². The molecule has 1 fully saturated rings. The molecule has 1 heterocycles. The summed E-state index contributed by atoms with van der Waals surface area (Å²) in [7, 11) is -3.95. The van der Waals surface area contributed by atoms with E-state index in [4.69, 9.17) is 5.14 Å². The molecule has 0 spiro atoms. The first-order valence-corrected chi connectivity index (χ1v) is 8.14. The molecule has 0 saturated heterocycles. The third-order valence-electron chi connectivity index (χ3n) is 3.52. The number of nitrogens with zero attached hydrogens (tertiary/aromatic N) is 1. The van der Waals surface area contributed by atoms with Crippen molar-refractivity contribution in [2.24, 2.45) is 5.14 Å². The van der Waals surface area contributed by atoms with Crippen LogP contribution in [-0.2, 0) is 10.0 Å². The number of amides is 1. The van der Waals surface area contributed by atoms with Crippen LogP contribution in [0.15, 0.2) is 17.2 Å². The maximum absolute atomic E-state index is 12.2. The lowest BCUT2D eigenvalue weighted by atomic mass is 10.2. The first-order valence-electron chi connectivity index (χ1n) is 6.60. The van der Waals surface area contributed by atoms with Crippen molar-refractivity contribution in [3.63, 3.8) is 0 Å². The van der Waals surface area contributed by atoms with Crippen LogP contribution in [-0.4, -0.2) is 31.9 Å².